The van der Waals surface area contributed by atoms with Crippen molar-refractivity contribution in [3.05, 3.63) is 36.2 Å². The van der Waals surface area contributed by atoms with Crippen molar-refractivity contribution in [2.75, 3.05) is 0 Å². The van der Waals surface area contributed by atoms with Gasteiger partial charge in [-0.3, -0.25) is 14.8 Å². The molecule has 16 heavy (non-hydrogen) atoms. The summed E-state index contributed by atoms with van der Waals surface area (Å²) in [5.41, 5.74) is 2.61. The van der Waals surface area contributed by atoms with Crippen LogP contribution < -0.4 is 0 Å². The second kappa shape index (κ2) is 4.26. The third-order valence-corrected chi connectivity index (χ3v) is 2.50. The lowest BCUT2D eigenvalue weighted by atomic mass is 10.0. The summed E-state index contributed by atoms with van der Waals surface area (Å²) >= 11 is 0. The Kier molecular flexibility index (Phi) is 2.81. The van der Waals surface area contributed by atoms with Gasteiger partial charge in [-0.05, 0) is 24.1 Å². The first-order chi connectivity index (χ1) is 7.66. The molecular formula is C12H12N2O2. The van der Waals surface area contributed by atoms with Crippen molar-refractivity contribution in [2.24, 2.45) is 5.92 Å². The summed E-state index contributed by atoms with van der Waals surface area (Å²) in [5, 5.41) is 8.83. The molecule has 1 aromatic heterocycles. The largest absolute Gasteiger partial charge is 0.481 e. The topological polar surface area (TPSA) is 63.1 Å². The molecule has 0 aliphatic carbocycles. The highest BCUT2D eigenvalue weighted by Gasteiger charge is 2.11. The number of benzene rings is 1. The average Bonchev–Trinajstić information content (AvgIpc) is 2.28. The van der Waals surface area contributed by atoms with E-state index in [1.807, 2.05) is 18.2 Å². The maximum atomic E-state index is 10.7. The van der Waals surface area contributed by atoms with Crippen LogP contribution in [-0.4, -0.2) is 21.0 Å². The fourth-order valence-electron chi connectivity index (χ4n) is 1.58. The van der Waals surface area contributed by atoms with E-state index in [2.05, 4.69) is 9.97 Å². The van der Waals surface area contributed by atoms with Crippen LogP contribution in [0.3, 0.4) is 0 Å². The number of nitrogens with zero attached hydrogens (tertiary/aromatic N) is 2. The molecule has 0 saturated heterocycles. The van der Waals surface area contributed by atoms with Gasteiger partial charge in [-0.15, -0.1) is 0 Å². The third-order valence-electron chi connectivity index (χ3n) is 2.50. The van der Waals surface area contributed by atoms with Crippen LogP contribution in [0.25, 0.3) is 11.0 Å². The minimum Gasteiger partial charge on any atom is -0.481 e. The molecule has 1 aromatic carbocycles. The molecule has 0 fully saturated rings. The Balaban J connectivity index is 2.29. The maximum Gasteiger partial charge on any atom is 0.306 e. The van der Waals surface area contributed by atoms with Crippen molar-refractivity contribution >= 4 is 17.0 Å². The van der Waals surface area contributed by atoms with Gasteiger partial charge in [0.05, 0.1) is 17.0 Å². The predicted molar refractivity (Wildman–Crippen MR) is 60.0 cm³/mol. The minimum atomic E-state index is -0.778. The molecule has 0 saturated carbocycles. The molecule has 0 aliphatic rings. The predicted octanol–water partition coefficient (Wildman–Crippen LogP) is 1.89. The Morgan fingerprint density at radius 2 is 2.00 bits per heavy atom. The van der Waals surface area contributed by atoms with Gasteiger partial charge >= 0.3 is 5.97 Å². The SMILES string of the molecule is CC(Cc1ccc2nccnc2c1)C(=O)O. The standard InChI is InChI=1S/C12H12N2O2/c1-8(12(15)16)6-9-2-3-10-11(7-9)14-5-4-13-10/h2-5,7-8H,6H2,1H3,(H,15,16). The number of fused-ring (bicyclic) bond motifs is 1. The number of carboxylic acid groups (broad SMARTS) is 1. The third kappa shape index (κ3) is 2.16. The van der Waals surface area contributed by atoms with E-state index in [0.717, 1.165) is 16.6 Å². The van der Waals surface area contributed by atoms with Gasteiger partial charge in [0, 0.05) is 12.4 Å². The quantitative estimate of drug-likeness (QED) is 0.851. The highest BCUT2D eigenvalue weighted by Crippen LogP contribution is 2.14. The second-order valence-electron chi connectivity index (χ2n) is 3.82. The number of rotatable bonds is 3. The van der Waals surface area contributed by atoms with Crippen molar-refractivity contribution < 1.29 is 9.90 Å². The van der Waals surface area contributed by atoms with Gasteiger partial charge in [0.15, 0.2) is 0 Å². The van der Waals surface area contributed by atoms with Gasteiger partial charge in [0.25, 0.3) is 0 Å². The van der Waals surface area contributed by atoms with Crippen LogP contribution in [0.15, 0.2) is 30.6 Å². The Hall–Kier alpha value is -1.97. The zero-order valence-corrected chi connectivity index (χ0v) is 8.92. The second-order valence-corrected chi connectivity index (χ2v) is 3.82. The molecule has 1 N–H and O–H groups in total. The summed E-state index contributed by atoms with van der Waals surface area (Å²) in [7, 11) is 0. The summed E-state index contributed by atoms with van der Waals surface area (Å²) in [6, 6.07) is 5.66. The summed E-state index contributed by atoms with van der Waals surface area (Å²) in [5.74, 6) is -1.16. The fraction of sp³-hybridized carbons (Fsp3) is 0.250. The van der Waals surface area contributed by atoms with Crippen molar-refractivity contribution in [2.45, 2.75) is 13.3 Å². The molecular weight excluding hydrogens is 204 g/mol. The van der Waals surface area contributed by atoms with Crippen LogP contribution in [0.4, 0.5) is 0 Å². The first-order valence-corrected chi connectivity index (χ1v) is 5.09. The number of aromatic nitrogens is 2. The van der Waals surface area contributed by atoms with Crippen LogP contribution in [0.1, 0.15) is 12.5 Å². The van der Waals surface area contributed by atoms with E-state index in [4.69, 9.17) is 5.11 Å². The fourth-order valence-corrected chi connectivity index (χ4v) is 1.58. The lowest BCUT2D eigenvalue weighted by Gasteiger charge is -2.06. The minimum absolute atomic E-state index is 0.380. The number of aliphatic carboxylic acids is 1. The molecule has 0 spiro atoms. The normalized spacial score (nSPS) is 12.6. The lowest BCUT2D eigenvalue weighted by Crippen LogP contribution is -2.12. The monoisotopic (exact) mass is 216 g/mol. The highest BCUT2D eigenvalue weighted by atomic mass is 16.4. The maximum absolute atomic E-state index is 10.7. The number of carbonyl (C=O) groups is 1. The molecule has 1 heterocycles. The van der Waals surface area contributed by atoms with Crippen LogP contribution in [0.2, 0.25) is 0 Å². The van der Waals surface area contributed by atoms with E-state index < -0.39 is 5.97 Å². The van der Waals surface area contributed by atoms with Crippen LogP contribution >= 0.6 is 0 Å². The Morgan fingerprint density at radius 1 is 1.31 bits per heavy atom. The van der Waals surface area contributed by atoms with E-state index in [1.54, 1.807) is 19.3 Å². The summed E-state index contributed by atoms with van der Waals surface area (Å²) < 4.78 is 0. The molecule has 0 aliphatic heterocycles. The molecule has 4 heteroatoms. The van der Waals surface area contributed by atoms with E-state index >= 15 is 0 Å². The highest BCUT2D eigenvalue weighted by molar-refractivity contribution is 5.75. The molecule has 2 aromatic rings. The van der Waals surface area contributed by atoms with E-state index in [-0.39, 0.29) is 5.92 Å². The molecule has 0 amide bonds. The molecule has 0 bridgehead atoms. The first-order valence-electron chi connectivity index (χ1n) is 5.09. The molecule has 82 valence electrons. The van der Waals surface area contributed by atoms with E-state index in [0.29, 0.717) is 6.42 Å². The van der Waals surface area contributed by atoms with Gasteiger partial charge in [0.1, 0.15) is 0 Å². The molecule has 1 atom stereocenters. The Morgan fingerprint density at radius 3 is 2.69 bits per heavy atom. The van der Waals surface area contributed by atoms with E-state index in [1.165, 1.54) is 0 Å². The number of carboxylic acids is 1. The van der Waals surface area contributed by atoms with Crippen molar-refractivity contribution in [1.29, 1.82) is 0 Å². The van der Waals surface area contributed by atoms with Crippen molar-refractivity contribution in [1.82, 2.24) is 9.97 Å². The van der Waals surface area contributed by atoms with Gasteiger partial charge in [-0.1, -0.05) is 13.0 Å². The average molecular weight is 216 g/mol. The van der Waals surface area contributed by atoms with Crippen LogP contribution in [-0.2, 0) is 11.2 Å². The summed E-state index contributed by atoms with van der Waals surface area (Å²) in [6.45, 7) is 1.70. The smallest absolute Gasteiger partial charge is 0.306 e. The summed E-state index contributed by atoms with van der Waals surface area (Å²) in [6.07, 6.45) is 3.79. The zero-order valence-electron chi connectivity index (χ0n) is 8.92. The Bertz CT molecular complexity index is 525. The number of hydrogen-bond donors (Lipinski definition) is 1. The van der Waals surface area contributed by atoms with E-state index in [9.17, 15) is 4.79 Å². The van der Waals surface area contributed by atoms with Gasteiger partial charge in [0.2, 0.25) is 0 Å². The molecule has 2 rings (SSSR count). The molecule has 4 nitrogen and oxygen atoms in total. The van der Waals surface area contributed by atoms with Crippen molar-refractivity contribution in [3.63, 3.8) is 0 Å². The van der Waals surface area contributed by atoms with Gasteiger partial charge in [-0.25, -0.2) is 0 Å². The van der Waals surface area contributed by atoms with Crippen LogP contribution in [0, 0.1) is 5.92 Å². The van der Waals surface area contributed by atoms with Gasteiger partial charge in [-0.2, -0.15) is 0 Å². The van der Waals surface area contributed by atoms with Gasteiger partial charge < -0.3 is 5.11 Å². The molecule has 1 unspecified atom stereocenters. The lowest BCUT2D eigenvalue weighted by molar-refractivity contribution is -0.141. The van der Waals surface area contributed by atoms with Crippen LogP contribution in [0.5, 0.6) is 0 Å². The van der Waals surface area contributed by atoms with Crippen molar-refractivity contribution in [3.8, 4) is 0 Å². The summed E-state index contributed by atoms with van der Waals surface area (Å²) in [4.78, 5) is 19.1. The first kappa shape index (κ1) is 10.5. The molecule has 0 radical (unpaired) electrons. The zero-order chi connectivity index (χ0) is 11.5. The number of hydrogen-bond acceptors (Lipinski definition) is 3. The Labute approximate surface area is 93.0 Å².